The van der Waals surface area contributed by atoms with Crippen molar-refractivity contribution in [3.8, 4) is 17.2 Å². The lowest BCUT2D eigenvalue weighted by molar-refractivity contribution is -0.128. The largest absolute Gasteiger partial charge is 0.490 e. The van der Waals surface area contributed by atoms with Crippen molar-refractivity contribution in [2.45, 2.75) is 53.7 Å². The summed E-state index contributed by atoms with van der Waals surface area (Å²) in [5.41, 5.74) is 3.14. The molecule has 2 aromatic rings. The number of rotatable bonds is 10. The van der Waals surface area contributed by atoms with E-state index in [1.807, 2.05) is 65.0 Å². The van der Waals surface area contributed by atoms with E-state index in [0.717, 1.165) is 16.9 Å². The van der Waals surface area contributed by atoms with Crippen molar-refractivity contribution in [1.82, 2.24) is 5.32 Å². The molecule has 0 radical (unpaired) electrons. The topological polar surface area (TPSA) is 56.8 Å². The number of amides is 1. The first-order valence-electron chi connectivity index (χ1n) is 9.88. The lowest BCUT2D eigenvalue weighted by Crippen LogP contribution is -2.37. The van der Waals surface area contributed by atoms with E-state index >= 15 is 0 Å². The molecule has 0 spiro atoms. The fourth-order valence-electron chi connectivity index (χ4n) is 2.92. The molecule has 0 aliphatic heterocycles. The fraction of sp³-hybridized carbons (Fsp3) is 0.435. The van der Waals surface area contributed by atoms with Crippen LogP contribution < -0.4 is 19.5 Å². The Labute approximate surface area is 168 Å². The van der Waals surface area contributed by atoms with Crippen LogP contribution in [0, 0.1) is 13.8 Å². The average molecular weight is 386 g/mol. The Morgan fingerprint density at radius 1 is 0.929 bits per heavy atom. The Hall–Kier alpha value is -2.69. The van der Waals surface area contributed by atoms with Gasteiger partial charge in [0, 0.05) is 6.54 Å². The molecule has 1 N–H and O–H groups in total. The highest BCUT2D eigenvalue weighted by Crippen LogP contribution is 2.28. The molecule has 0 saturated heterocycles. The second kappa shape index (κ2) is 10.6. The molecule has 0 aliphatic rings. The average Bonchev–Trinajstić information content (AvgIpc) is 2.67. The van der Waals surface area contributed by atoms with Gasteiger partial charge >= 0.3 is 0 Å². The van der Waals surface area contributed by atoms with E-state index in [9.17, 15) is 4.79 Å². The van der Waals surface area contributed by atoms with Crippen molar-refractivity contribution in [1.29, 1.82) is 0 Å². The van der Waals surface area contributed by atoms with Gasteiger partial charge in [0.15, 0.2) is 17.6 Å². The molecule has 0 bridgehead atoms. The summed E-state index contributed by atoms with van der Waals surface area (Å²) in [6.45, 7) is 11.4. The van der Waals surface area contributed by atoms with Gasteiger partial charge in [-0.15, -0.1) is 0 Å². The summed E-state index contributed by atoms with van der Waals surface area (Å²) >= 11 is 0. The van der Waals surface area contributed by atoms with Crippen LogP contribution in [0.2, 0.25) is 0 Å². The molecule has 1 atom stereocenters. The second-order valence-corrected chi connectivity index (χ2v) is 6.65. The molecule has 0 saturated carbocycles. The lowest BCUT2D eigenvalue weighted by Gasteiger charge is -2.19. The van der Waals surface area contributed by atoms with Gasteiger partial charge in [0.05, 0.1) is 13.2 Å². The van der Waals surface area contributed by atoms with E-state index in [1.54, 1.807) is 0 Å². The highest BCUT2D eigenvalue weighted by Gasteiger charge is 2.19. The molecule has 0 aromatic heterocycles. The maximum atomic E-state index is 12.6. The van der Waals surface area contributed by atoms with Gasteiger partial charge in [-0.25, -0.2) is 0 Å². The third-order valence-electron chi connectivity index (χ3n) is 4.34. The van der Waals surface area contributed by atoms with E-state index in [4.69, 9.17) is 14.2 Å². The maximum Gasteiger partial charge on any atom is 0.261 e. The van der Waals surface area contributed by atoms with Gasteiger partial charge in [-0.3, -0.25) is 4.79 Å². The van der Waals surface area contributed by atoms with Gasteiger partial charge in [0.1, 0.15) is 5.75 Å². The van der Waals surface area contributed by atoms with Crippen LogP contribution in [0.3, 0.4) is 0 Å². The quantitative estimate of drug-likeness (QED) is 0.651. The molecule has 0 aliphatic carbocycles. The smallest absolute Gasteiger partial charge is 0.261 e. The molecular formula is C23H31NO4. The monoisotopic (exact) mass is 385 g/mol. The number of hydrogen-bond donors (Lipinski definition) is 1. The molecular weight excluding hydrogens is 354 g/mol. The highest BCUT2D eigenvalue weighted by molar-refractivity contribution is 5.81. The third-order valence-corrected chi connectivity index (χ3v) is 4.34. The van der Waals surface area contributed by atoms with Crippen LogP contribution >= 0.6 is 0 Å². The van der Waals surface area contributed by atoms with Gasteiger partial charge in [-0.2, -0.15) is 0 Å². The summed E-state index contributed by atoms with van der Waals surface area (Å²) in [5, 5.41) is 2.96. The first-order chi connectivity index (χ1) is 13.5. The summed E-state index contributed by atoms with van der Waals surface area (Å²) in [7, 11) is 0. The zero-order chi connectivity index (χ0) is 20.5. The molecule has 0 heterocycles. The normalized spacial score (nSPS) is 11.6. The maximum absolute atomic E-state index is 12.6. The molecule has 0 fully saturated rings. The van der Waals surface area contributed by atoms with Crippen molar-refractivity contribution in [3.05, 3.63) is 53.1 Å². The Balaban J connectivity index is 2.01. The molecule has 28 heavy (non-hydrogen) atoms. The van der Waals surface area contributed by atoms with Crippen LogP contribution in [0.15, 0.2) is 36.4 Å². The molecule has 152 valence electrons. The van der Waals surface area contributed by atoms with E-state index in [0.29, 0.717) is 37.7 Å². The number of benzene rings is 2. The summed E-state index contributed by atoms with van der Waals surface area (Å²) in [6.07, 6.45) is 0.0579. The predicted molar refractivity (Wildman–Crippen MR) is 111 cm³/mol. The number of carbonyl (C=O) groups excluding carboxylic acids is 1. The minimum atomic E-state index is -0.532. The third kappa shape index (κ3) is 5.91. The Morgan fingerprint density at radius 3 is 2.25 bits per heavy atom. The SMILES string of the molecule is CCOc1ccc(CNC(=O)[C@@H](CC)Oc2ccc(C)cc2C)cc1OCC. The van der Waals surface area contributed by atoms with Crippen molar-refractivity contribution in [2.24, 2.45) is 0 Å². The first-order valence-corrected chi connectivity index (χ1v) is 9.88. The predicted octanol–water partition coefficient (Wildman–Crippen LogP) is 4.57. The van der Waals surface area contributed by atoms with Crippen LogP contribution in [-0.4, -0.2) is 25.2 Å². The molecule has 2 aromatic carbocycles. The standard InChI is InChI=1S/C23H31NO4/c1-6-19(28-20-11-9-16(4)13-17(20)5)23(25)24-15-18-10-12-21(26-7-2)22(14-18)27-8-3/h9-14,19H,6-8,15H2,1-5H3,(H,24,25)/t19-/m1/s1. The van der Waals surface area contributed by atoms with Crippen molar-refractivity contribution in [3.63, 3.8) is 0 Å². The van der Waals surface area contributed by atoms with Gasteiger partial charge in [-0.1, -0.05) is 30.7 Å². The van der Waals surface area contributed by atoms with Crippen LogP contribution in [-0.2, 0) is 11.3 Å². The van der Waals surface area contributed by atoms with Crippen molar-refractivity contribution < 1.29 is 19.0 Å². The van der Waals surface area contributed by atoms with Gasteiger partial charge in [0.2, 0.25) is 0 Å². The molecule has 2 rings (SSSR count). The van der Waals surface area contributed by atoms with Gasteiger partial charge < -0.3 is 19.5 Å². The molecule has 5 nitrogen and oxygen atoms in total. The Bertz CT molecular complexity index is 788. The fourth-order valence-corrected chi connectivity index (χ4v) is 2.92. The minimum Gasteiger partial charge on any atom is -0.490 e. The van der Waals surface area contributed by atoms with Crippen LogP contribution in [0.25, 0.3) is 0 Å². The number of carbonyl (C=O) groups is 1. The molecule has 1 amide bonds. The number of ether oxygens (including phenoxy) is 3. The summed E-state index contributed by atoms with van der Waals surface area (Å²) in [4.78, 5) is 12.6. The number of aryl methyl sites for hydroxylation is 2. The number of hydrogen-bond acceptors (Lipinski definition) is 4. The second-order valence-electron chi connectivity index (χ2n) is 6.65. The zero-order valence-corrected chi connectivity index (χ0v) is 17.5. The van der Waals surface area contributed by atoms with E-state index in [-0.39, 0.29) is 5.91 Å². The van der Waals surface area contributed by atoms with Gasteiger partial charge in [0.25, 0.3) is 5.91 Å². The van der Waals surface area contributed by atoms with Crippen LogP contribution in [0.4, 0.5) is 0 Å². The first kappa shape index (κ1) is 21.6. The van der Waals surface area contributed by atoms with Crippen LogP contribution in [0.5, 0.6) is 17.2 Å². The van der Waals surface area contributed by atoms with Gasteiger partial charge in [-0.05, 0) is 63.4 Å². The number of nitrogens with one attached hydrogen (secondary N) is 1. The molecule has 0 unspecified atom stereocenters. The highest BCUT2D eigenvalue weighted by atomic mass is 16.5. The van der Waals surface area contributed by atoms with Crippen molar-refractivity contribution in [2.75, 3.05) is 13.2 Å². The summed E-state index contributed by atoms with van der Waals surface area (Å²) in [6, 6.07) is 11.7. The van der Waals surface area contributed by atoms with E-state index in [1.165, 1.54) is 5.56 Å². The van der Waals surface area contributed by atoms with E-state index in [2.05, 4.69) is 11.4 Å². The van der Waals surface area contributed by atoms with Crippen molar-refractivity contribution >= 4 is 5.91 Å². The van der Waals surface area contributed by atoms with Crippen LogP contribution in [0.1, 0.15) is 43.9 Å². The summed E-state index contributed by atoms with van der Waals surface area (Å²) in [5.74, 6) is 2.01. The summed E-state index contributed by atoms with van der Waals surface area (Å²) < 4.78 is 17.2. The Morgan fingerprint density at radius 2 is 1.61 bits per heavy atom. The minimum absolute atomic E-state index is 0.130. The zero-order valence-electron chi connectivity index (χ0n) is 17.5. The Kier molecular flexibility index (Phi) is 8.18. The molecule has 5 heteroatoms. The van der Waals surface area contributed by atoms with E-state index < -0.39 is 6.10 Å². The lowest BCUT2D eigenvalue weighted by atomic mass is 10.1.